The van der Waals surface area contributed by atoms with Crippen LogP contribution >= 0.6 is 0 Å². The van der Waals surface area contributed by atoms with Crippen molar-refractivity contribution in [2.75, 3.05) is 33.5 Å². The Kier molecular flexibility index (Phi) is 9.60. The predicted molar refractivity (Wildman–Crippen MR) is 132 cm³/mol. The van der Waals surface area contributed by atoms with Gasteiger partial charge in [-0.2, -0.15) is 0 Å². The van der Waals surface area contributed by atoms with Gasteiger partial charge in [0.1, 0.15) is 18.1 Å². The number of benzene rings is 2. The summed E-state index contributed by atoms with van der Waals surface area (Å²) in [6, 6.07) is 8.89. The van der Waals surface area contributed by atoms with E-state index in [0.717, 1.165) is 29.0 Å². The summed E-state index contributed by atoms with van der Waals surface area (Å²) in [5, 5.41) is 9.31. The van der Waals surface area contributed by atoms with Crippen LogP contribution in [0.4, 0.5) is 0 Å². The van der Waals surface area contributed by atoms with E-state index in [9.17, 15) is 5.11 Å². The highest BCUT2D eigenvalue weighted by atomic mass is 16.5. The minimum absolute atomic E-state index is 0.0185. The van der Waals surface area contributed by atoms with Crippen molar-refractivity contribution in [2.24, 2.45) is 0 Å². The van der Waals surface area contributed by atoms with Gasteiger partial charge in [-0.15, -0.1) is 0 Å². The van der Waals surface area contributed by atoms with Crippen LogP contribution in [0.3, 0.4) is 0 Å². The molecule has 1 unspecified atom stereocenters. The van der Waals surface area contributed by atoms with Gasteiger partial charge in [0.25, 0.3) is 0 Å². The Morgan fingerprint density at radius 1 is 0.875 bits per heavy atom. The highest BCUT2D eigenvalue weighted by Crippen LogP contribution is 2.44. The van der Waals surface area contributed by atoms with E-state index in [1.807, 2.05) is 0 Å². The van der Waals surface area contributed by atoms with Crippen molar-refractivity contribution in [3.63, 3.8) is 0 Å². The van der Waals surface area contributed by atoms with Crippen molar-refractivity contribution >= 4 is 0 Å². The Labute approximate surface area is 194 Å². The second-order valence-corrected chi connectivity index (χ2v) is 9.46. The normalized spacial score (nSPS) is 12.7. The standard InChI is InChI=1S/C28H42O4/c1-9-28(6,7)25-18-20(3)17-24(27(25)31-12-10-11-29)22(5)23-16-19(2)15-21(4)26(23)32-14-13-30-8/h15-18,22,29H,9-14H2,1-8H3. The fraction of sp³-hybridized carbons (Fsp3) is 0.571. The fourth-order valence-electron chi connectivity index (χ4n) is 4.12. The van der Waals surface area contributed by atoms with E-state index in [1.54, 1.807) is 7.11 Å². The van der Waals surface area contributed by atoms with Crippen molar-refractivity contribution < 1.29 is 19.3 Å². The molecule has 0 radical (unpaired) electrons. The van der Waals surface area contributed by atoms with Crippen LogP contribution in [0.1, 0.15) is 79.8 Å². The second-order valence-electron chi connectivity index (χ2n) is 9.46. The SMILES string of the molecule is CCC(C)(C)c1cc(C)cc(C(C)c2cc(C)cc(C)c2OCCOC)c1OCCCO. The molecule has 0 aromatic heterocycles. The van der Waals surface area contributed by atoms with Crippen molar-refractivity contribution in [1.82, 2.24) is 0 Å². The molecule has 1 atom stereocenters. The number of hydrogen-bond acceptors (Lipinski definition) is 4. The Morgan fingerprint density at radius 3 is 2.06 bits per heavy atom. The van der Waals surface area contributed by atoms with Gasteiger partial charge in [0.2, 0.25) is 0 Å². The molecule has 0 spiro atoms. The zero-order valence-electron chi connectivity index (χ0n) is 21.3. The van der Waals surface area contributed by atoms with E-state index in [2.05, 4.69) is 72.7 Å². The number of aryl methyl sites for hydroxylation is 3. The Hall–Kier alpha value is -2.04. The molecule has 2 aromatic carbocycles. The lowest BCUT2D eigenvalue weighted by Crippen LogP contribution is -2.20. The van der Waals surface area contributed by atoms with E-state index in [1.165, 1.54) is 22.3 Å². The van der Waals surface area contributed by atoms with E-state index >= 15 is 0 Å². The van der Waals surface area contributed by atoms with Gasteiger partial charge >= 0.3 is 0 Å². The average Bonchev–Trinajstić information content (AvgIpc) is 2.75. The molecule has 0 amide bonds. The van der Waals surface area contributed by atoms with Crippen LogP contribution in [0.25, 0.3) is 0 Å². The molecule has 32 heavy (non-hydrogen) atoms. The molecule has 0 aliphatic heterocycles. The number of aliphatic hydroxyl groups excluding tert-OH is 1. The van der Waals surface area contributed by atoms with Crippen molar-refractivity contribution in [3.8, 4) is 11.5 Å². The first-order chi connectivity index (χ1) is 15.2. The fourth-order valence-corrected chi connectivity index (χ4v) is 4.12. The van der Waals surface area contributed by atoms with Gasteiger partial charge in [0, 0.05) is 42.7 Å². The lowest BCUT2D eigenvalue weighted by Gasteiger charge is -2.30. The summed E-state index contributed by atoms with van der Waals surface area (Å²) < 4.78 is 17.8. The van der Waals surface area contributed by atoms with E-state index < -0.39 is 0 Å². The molecule has 0 fully saturated rings. The van der Waals surface area contributed by atoms with Crippen LogP contribution in [0.2, 0.25) is 0 Å². The highest BCUT2D eigenvalue weighted by molar-refractivity contribution is 5.55. The van der Waals surface area contributed by atoms with Crippen LogP contribution in [0.5, 0.6) is 11.5 Å². The molecule has 4 heteroatoms. The minimum atomic E-state index is -0.0185. The zero-order valence-corrected chi connectivity index (χ0v) is 21.3. The van der Waals surface area contributed by atoms with Crippen LogP contribution in [-0.4, -0.2) is 38.6 Å². The molecule has 178 valence electrons. The van der Waals surface area contributed by atoms with E-state index in [-0.39, 0.29) is 17.9 Å². The van der Waals surface area contributed by atoms with Crippen molar-refractivity contribution in [1.29, 1.82) is 0 Å². The van der Waals surface area contributed by atoms with Gasteiger partial charge in [-0.25, -0.2) is 0 Å². The molecule has 0 saturated carbocycles. The molecule has 1 N–H and O–H groups in total. The van der Waals surface area contributed by atoms with Gasteiger partial charge in [-0.05, 0) is 38.2 Å². The van der Waals surface area contributed by atoms with Gasteiger partial charge in [-0.3, -0.25) is 0 Å². The lowest BCUT2D eigenvalue weighted by molar-refractivity contribution is 0.145. The topological polar surface area (TPSA) is 47.9 Å². The number of aliphatic hydroxyl groups is 1. The molecule has 0 saturated heterocycles. The number of hydrogen-bond donors (Lipinski definition) is 1. The molecule has 2 rings (SSSR count). The quantitative estimate of drug-likeness (QED) is 0.395. The maximum Gasteiger partial charge on any atom is 0.126 e. The zero-order chi connectivity index (χ0) is 23.9. The number of rotatable bonds is 12. The Morgan fingerprint density at radius 2 is 1.47 bits per heavy atom. The Bertz CT molecular complexity index is 885. The highest BCUT2D eigenvalue weighted by Gasteiger charge is 2.28. The first-order valence-electron chi connectivity index (χ1n) is 11.8. The Balaban J connectivity index is 2.65. The lowest BCUT2D eigenvalue weighted by atomic mass is 9.78. The summed E-state index contributed by atoms with van der Waals surface area (Å²) in [5.74, 6) is 1.96. The first-order valence-corrected chi connectivity index (χ1v) is 11.8. The van der Waals surface area contributed by atoms with Crippen molar-refractivity contribution in [3.05, 3.63) is 57.6 Å². The molecular formula is C28H42O4. The van der Waals surface area contributed by atoms with E-state index in [0.29, 0.717) is 26.2 Å². The molecule has 0 aliphatic carbocycles. The van der Waals surface area contributed by atoms with Crippen LogP contribution < -0.4 is 9.47 Å². The van der Waals surface area contributed by atoms with Crippen LogP contribution in [0.15, 0.2) is 24.3 Å². The predicted octanol–water partition coefficient (Wildman–Crippen LogP) is 6.24. The van der Waals surface area contributed by atoms with E-state index in [4.69, 9.17) is 14.2 Å². The summed E-state index contributed by atoms with van der Waals surface area (Å²) in [7, 11) is 1.69. The van der Waals surface area contributed by atoms with Gasteiger partial charge in [0.05, 0.1) is 13.2 Å². The van der Waals surface area contributed by atoms with Crippen LogP contribution in [-0.2, 0) is 10.2 Å². The number of ether oxygens (including phenoxy) is 3. The third-order valence-corrected chi connectivity index (χ3v) is 6.34. The largest absolute Gasteiger partial charge is 0.493 e. The van der Waals surface area contributed by atoms with Gasteiger partial charge < -0.3 is 19.3 Å². The summed E-state index contributed by atoms with van der Waals surface area (Å²) in [6.07, 6.45) is 1.62. The molecular weight excluding hydrogens is 400 g/mol. The average molecular weight is 443 g/mol. The van der Waals surface area contributed by atoms with Gasteiger partial charge in [-0.1, -0.05) is 63.1 Å². The maximum atomic E-state index is 9.31. The summed E-state index contributed by atoms with van der Waals surface area (Å²) in [4.78, 5) is 0. The van der Waals surface area contributed by atoms with Crippen LogP contribution in [0, 0.1) is 20.8 Å². The molecule has 0 aliphatic rings. The monoisotopic (exact) mass is 442 g/mol. The maximum absolute atomic E-state index is 9.31. The molecule has 0 heterocycles. The minimum Gasteiger partial charge on any atom is -0.493 e. The molecule has 2 aromatic rings. The first kappa shape index (κ1) is 26.2. The number of methoxy groups -OCH3 is 1. The molecule has 0 bridgehead atoms. The smallest absolute Gasteiger partial charge is 0.126 e. The summed E-state index contributed by atoms with van der Waals surface area (Å²) >= 11 is 0. The third kappa shape index (κ3) is 6.26. The summed E-state index contributed by atoms with van der Waals surface area (Å²) in [5.41, 5.74) is 7.11. The summed E-state index contributed by atoms with van der Waals surface area (Å²) in [6.45, 7) is 17.1. The molecule has 4 nitrogen and oxygen atoms in total. The second kappa shape index (κ2) is 11.7. The third-order valence-electron chi connectivity index (χ3n) is 6.34. The van der Waals surface area contributed by atoms with Gasteiger partial charge in [0.15, 0.2) is 0 Å². The van der Waals surface area contributed by atoms with Crippen molar-refractivity contribution in [2.45, 2.75) is 72.6 Å².